The normalized spacial score (nSPS) is 17.0. The first-order valence-electron chi connectivity index (χ1n) is 10.2. The number of rotatable bonds is 4. The molecular formula is C23H22N4O4. The molecular weight excluding hydrogens is 396 g/mol. The summed E-state index contributed by atoms with van der Waals surface area (Å²) < 4.78 is 18.5. The lowest BCUT2D eigenvalue weighted by molar-refractivity contribution is -0.139. The van der Waals surface area contributed by atoms with Crippen molar-refractivity contribution in [2.45, 2.75) is 19.9 Å². The van der Waals surface area contributed by atoms with Gasteiger partial charge in [0, 0.05) is 11.3 Å². The number of nitrogens with one attached hydrogen (secondary N) is 1. The first-order valence-corrected chi connectivity index (χ1v) is 10.2. The number of anilines is 1. The monoisotopic (exact) mass is 418 g/mol. The largest absolute Gasteiger partial charge is 0.486 e. The van der Waals surface area contributed by atoms with Gasteiger partial charge in [0.1, 0.15) is 19.3 Å². The number of nitrogens with zero attached hydrogens (tertiary/aromatic N) is 3. The summed E-state index contributed by atoms with van der Waals surface area (Å²) in [5.74, 6) is 2.07. The fraction of sp³-hybridized carbons (Fsp3) is 0.261. The molecule has 2 aliphatic heterocycles. The van der Waals surface area contributed by atoms with Crippen molar-refractivity contribution in [2.75, 3.05) is 25.1 Å². The van der Waals surface area contributed by atoms with Gasteiger partial charge in [-0.2, -0.15) is 4.98 Å². The molecule has 0 saturated heterocycles. The van der Waals surface area contributed by atoms with Crippen molar-refractivity contribution in [2.24, 2.45) is 0 Å². The van der Waals surface area contributed by atoms with Gasteiger partial charge < -0.3 is 19.5 Å². The number of carbonyl (C=O) groups excluding carboxylic acids is 1. The Morgan fingerprint density at radius 2 is 1.94 bits per heavy atom. The summed E-state index contributed by atoms with van der Waals surface area (Å²) in [6.07, 6.45) is 0. The lowest BCUT2D eigenvalue weighted by Gasteiger charge is -2.29. The number of esters is 1. The van der Waals surface area contributed by atoms with Crippen LogP contribution in [0.5, 0.6) is 11.5 Å². The van der Waals surface area contributed by atoms with E-state index < -0.39 is 12.0 Å². The fourth-order valence-corrected chi connectivity index (χ4v) is 3.87. The minimum absolute atomic E-state index is 0.281. The Morgan fingerprint density at radius 3 is 2.71 bits per heavy atom. The van der Waals surface area contributed by atoms with E-state index in [0.29, 0.717) is 47.8 Å². The van der Waals surface area contributed by atoms with Crippen LogP contribution < -0.4 is 14.8 Å². The smallest absolute Gasteiger partial charge is 0.338 e. The summed E-state index contributed by atoms with van der Waals surface area (Å²) >= 11 is 0. The summed E-state index contributed by atoms with van der Waals surface area (Å²) in [4.78, 5) is 17.6. The molecule has 158 valence electrons. The average molecular weight is 418 g/mol. The van der Waals surface area contributed by atoms with Gasteiger partial charge in [0.05, 0.1) is 12.2 Å². The van der Waals surface area contributed by atoms with E-state index in [9.17, 15) is 4.79 Å². The van der Waals surface area contributed by atoms with Crippen LogP contribution >= 0.6 is 0 Å². The van der Waals surface area contributed by atoms with Crippen LogP contribution in [-0.4, -0.2) is 40.6 Å². The van der Waals surface area contributed by atoms with Gasteiger partial charge in [-0.25, -0.2) is 9.48 Å². The van der Waals surface area contributed by atoms with Crippen molar-refractivity contribution in [1.82, 2.24) is 14.8 Å². The number of allylic oxidation sites excluding steroid dienone is 1. The topological polar surface area (TPSA) is 87.5 Å². The molecule has 1 N–H and O–H groups in total. The number of hydrogen-bond donors (Lipinski definition) is 1. The molecule has 2 aromatic carbocycles. The van der Waals surface area contributed by atoms with Gasteiger partial charge in [-0.05, 0) is 31.5 Å². The van der Waals surface area contributed by atoms with Gasteiger partial charge >= 0.3 is 5.97 Å². The van der Waals surface area contributed by atoms with E-state index in [1.54, 1.807) is 11.6 Å². The minimum atomic E-state index is -0.518. The number of hydrogen-bond acceptors (Lipinski definition) is 7. The molecule has 0 fully saturated rings. The molecule has 8 heteroatoms. The first-order chi connectivity index (χ1) is 15.2. The molecule has 1 atom stereocenters. The lowest BCUT2D eigenvalue weighted by atomic mass is 9.95. The number of aromatic nitrogens is 3. The van der Waals surface area contributed by atoms with E-state index in [4.69, 9.17) is 19.3 Å². The Morgan fingerprint density at radius 1 is 1.16 bits per heavy atom. The van der Waals surface area contributed by atoms with Crippen molar-refractivity contribution >= 4 is 11.9 Å². The molecule has 0 spiro atoms. The average Bonchev–Trinajstić information content (AvgIpc) is 3.22. The number of benzene rings is 2. The Balaban J connectivity index is 1.65. The maximum absolute atomic E-state index is 12.9. The third-order valence-electron chi connectivity index (χ3n) is 5.26. The summed E-state index contributed by atoms with van der Waals surface area (Å²) in [5, 5.41) is 7.96. The van der Waals surface area contributed by atoms with Crippen LogP contribution in [-0.2, 0) is 9.53 Å². The maximum atomic E-state index is 12.9. The summed E-state index contributed by atoms with van der Waals surface area (Å²) in [6.45, 7) is 4.91. The molecule has 1 aromatic heterocycles. The van der Waals surface area contributed by atoms with Crippen LogP contribution in [0.25, 0.3) is 11.4 Å². The van der Waals surface area contributed by atoms with Crippen molar-refractivity contribution < 1.29 is 19.0 Å². The molecule has 3 aromatic rings. The van der Waals surface area contributed by atoms with Gasteiger partial charge in [-0.1, -0.05) is 36.4 Å². The molecule has 2 aliphatic rings. The summed E-state index contributed by atoms with van der Waals surface area (Å²) in [7, 11) is 0. The molecule has 0 amide bonds. The van der Waals surface area contributed by atoms with E-state index in [2.05, 4.69) is 10.3 Å². The van der Waals surface area contributed by atoms with E-state index >= 15 is 0 Å². The highest BCUT2D eigenvalue weighted by molar-refractivity contribution is 5.92. The molecule has 0 saturated carbocycles. The van der Waals surface area contributed by atoms with E-state index in [1.165, 1.54) is 0 Å². The zero-order chi connectivity index (χ0) is 21.4. The minimum Gasteiger partial charge on any atom is -0.486 e. The number of carbonyl (C=O) groups is 1. The van der Waals surface area contributed by atoms with Gasteiger partial charge in [0.2, 0.25) is 5.95 Å². The molecule has 3 heterocycles. The zero-order valence-corrected chi connectivity index (χ0v) is 17.3. The maximum Gasteiger partial charge on any atom is 0.338 e. The lowest BCUT2D eigenvalue weighted by Crippen LogP contribution is -2.29. The van der Waals surface area contributed by atoms with E-state index in [1.807, 2.05) is 55.5 Å². The number of ether oxygens (including phenoxy) is 3. The summed E-state index contributed by atoms with van der Waals surface area (Å²) in [6, 6.07) is 14.9. The SMILES string of the molecule is CCOC(=O)C1=C(C)Nc2nc(-c3ccccc3)nn2C1c1ccc2c(c1)OCCO2. The molecule has 31 heavy (non-hydrogen) atoms. The Labute approximate surface area is 179 Å². The summed E-state index contributed by atoms with van der Waals surface area (Å²) in [5.41, 5.74) is 2.88. The zero-order valence-electron chi connectivity index (χ0n) is 17.3. The predicted octanol–water partition coefficient (Wildman–Crippen LogP) is 3.57. The van der Waals surface area contributed by atoms with Crippen LogP contribution in [0.1, 0.15) is 25.5 Å². The molecule has 0 radical (unpaired) electrons. The van der Waals surface area contributed by atoms with Gasteiger partial charge in [0.25, 0.3) is 0 Å². The van der Waals surface area contributed by atoms with Crippen molar-refractivity contribution in [3.8, 4) is 22.9 Å². The second-order valence-electron chi connectivity index (χ2n) is 7.26. The van der Waals surface area contributed by atoms with Gasteiger partial charge in [-0.15, -0.1) is 5.10 Å². The van der Waals surface area contributed by atoms with Crippen LogP contribution in [0.4, 0.5) is 5.95 Å². The van der Waals surface area contributed by atoms with Gasteiger partial charge in [-0.3, -0.25) is 0 Å². The van der Waals surface area contributed by atoms with Crippen LogP contribution in [0, 0.1) is 0 Å². The van der Waals surface area contributed by atoms with Crippen molar-refractivity contribution in [3.63, 3.8) is 0 Å². The van der Waals surface area contributed by atoms with Crippen LogP contribution in [0.15, 0.2) is 59.8 Å². The van der Waals surface area contributed by atoms with Crippen LogP contribution in [0.2, 0.25) is 0 Å². The highest BCUT2D eigenvalue weighted by atomic mass is 16.6. The third kappa shape index (κ3) is 3.39. The second-order valence-corrected chi connectivity index (χ2v) is 7.26. The first kappa shape index (κ1) is 19.2. The molecule has 0 aliphatic carbocycles. The van der Waals surface area contributed by atoms with E-state index in [-0.39, 0.29) is 6.61 Å². The molecule has 1 unspecified atom stereocenters. The highest BCUT2D eigenvalue weighted by Gasteiger charge is 2.36. The standard InChI is InChI=1S/C23H22N4O4/c1-3-29-22(28)19-14(2)24-23-25-21(15-7-5-4-6-8-15)26-27(23)20(19)16-9-10-17-18(13-16)31-12-11-30-17/h4-10,13,20H,3,11-12H2,1-2H3,(H,24,25,26). The molecule has 0 bridgehead atoms. The fourth-order valence-electron chi connectivity index (χ4n) is 3.87. The molecule has 8 nitrogen and oxygen atoms in total. The predicted molar refractivity (Wildman–Crippen MR) is 114 cm³/mol. The third-order valence-corrected chi connectivity index (χ3v) is 5.26. The highest BCUT2D eigenvalue weighted by Crippen LogP contribution is 2.40. The molecule has 5 rings (SSSR count). The number of fused-ring (bicyclic) bond motifs is 2. The Bertz CT molecular complexity index is 1170. The quantitative estimate of drug-likeness (QED) is 0.648. The Hall–Kier alpha value is -3.81. The van der Waals surface area contributed by atoms with E-state index in [0.717, 1.165) is 11.1 Å². The van der Waals surface area contributed by atoms with Crippen molar-refractivity contribution in [3.05, 3.63) is 65.4 Å². The van der Waals surface area contributed by atoms with Crippen molar-refractivity contribution in [1.29, 1.82) is 0 Å². The second kappa shape index (κ2) is 7.79. The Kier molecular flexibility index (Phi) is 4.82. The van der Waals surface area contributed by atoms with Crippen LogP contribution in [0.3, 0.4) is 0 Å². The van der Waals surface area contributed by atoms with Gasteiger partial charge in [0.15, 0.2) is 17.3 Å².